The van der Waals surface area contributed by atoms with Crippen LogP contribution in [0.4, 0.5) is 0 Å². The molecule has 0 aliphatic carbocycles. The minimum absolute atomic E-state index is 0.423. The minimum atomic E-state index is -3.28. The highest BCUT2D eigenvalue weighted by molar-refractivity contribution is 14.1. The van der Waals surface area contributed by atoms with Gasteiger partial charge in [0.1, 0.15) is 0 Å². The van der Waals surface area contributed by atoms with Crippen LogP contribution in [0, 0.1) is 3.57 Å². The molecule has 1 aliphatic rings. The number of sulfonamides is 1. The first-order chi connectivity index (χ1) is 8.10. The first-order valence-corrected chi connectivity index (χ1v) is 8.38. The average Bonchev–Trinajstić information content (AvgIpc) is 2.58. The van der Waals surface area contributed by atoms with Gasteiger partial charge in [0.2, 0.25) is 10.0 Å². The zero-order valence-electron chi connectivity index (χ0n) is 9.60. The molecule has 0 amide bonds. The largest absolute Gasteiger partial charge is 0.243 e. The van der Waals surface area contributed by atoms with E-state index < -0.39 is 10.0 Å². The van der Waals surface area contributed by atoms with Gasteiger partial charge in [-0.05, 0) is 53.6 Å². The molecule has 0 unspecified atom stereocenters. The van der Waals surface area contributed by atoms with Crippen LogP contribution in [0.15, 0.2) is 29.2 Å². The van der Waals surface area contributed by atoms with Crippen molar-refractivity contribution < 1.29 is 8.42 Å². The van der Waals surface area contributed by atoms with Gasteiger partial charge in [-0.1, -0.05) is 18.9 Å². The highest BCUT2D eigenvalue weighted by Gasteiger charge is 2.24. The van der Waals surface area contributed by atoms with E-state index in [-0.39, 0.29) is 0 Å². The second kappa shape index (κ2) is 5.67. The highest BCUT2D eigenvalue weighted by Crippen LogP contribution is 2.21. The lowest BCUT2D eigenvalue weighted by Crippen LogP contribution is -2.31. The molecule has 1 saturated heterocycles. The van der Waals surface area contributed by atoms with Crippen molar-refractivity contribution in [2.45, 2.75) is 30.6 Å². The van der Waals surface area contributed by atoms with Gasteiger partial charge in [-0.15, -0.1) is 0 Å². The van der Waals surface area contributed by atoms with E-state index in [0.717, 1.165) is 29.3 Å². The fraction of sp³-hybridized carbons (Fsp3) is 0.500. The lowest BCUT2D eigenvalue weighted by atomic mass is 10.2. The Bertz CT molecular complexity index is 479. The van der Waals surface area contributed by atoms with Crippen molar-refractivity contribution in [1.82, 2.24) is 4.31 Å². The molecule has 0 bridgehead atoms. The molecule has 94 valence electrons. The van der Waals surface area contributed by atoms with Crippen molar-refractivity contribution >= 4 is 32.6 Å². The molecule has 0 atom stereocenters. The molecule has 0 radical (unpaired) electrons. The summed E-state index contributed by atoms with van der Waals surface area (Å²) in [4.78, 5) is 0.423. The highest BCUT2D eigenvalue weighted by atomic mass is 127. The van der Waals surface area contributed by atoms with Crippen molar-refractivity contribution in [3.8, 4) is 0 Å². The monoisotopic (exact) mass is 365 g/mol. The Hall–Kier alpha value is -0.140. The maximum Gasteiger partial charge on any atom is 0.243 e. The molecule has 3 nitrogen and oxygen atoms in total. The number of benzene rings is 1. The van der Waals surface area contributed by atoms with Gasteiger partial charge in [-0.25, -0.2) is 8.42 Å². The third kappa shape index (κ3) is 3.20. The molecule has 1 aliphatic heterocycles. The number of halogens is 1. The molecule has 17 heavy (non-hydrogen) atoms. The van der Waals surface area contributed by atoms with Crippen LogP contribution in [0.25, 0.3) is 0 Å². The molecule has 2 rings (SSSR count). The lowest BCUT2D eigenvalue weighted by Gasteiger charge is -2.19. The van der Waals surface area contributed by atoms with Crippen molar-refractivity contribution in [2.75, 3.05) is 13.1 Å². The van der Waals surface area contributed by atoms with E-state index in [4.69, 9.17) is 0 Å². The second-order valence-electron chi connectivity index (χ2n) is 4.28. The third-order valence-corrected chi connectivity index (χ3v) is 5.56. The summed E-state index contributed by atoms with van der Waals surface area (Å²) in [5, 5.41) is 0. The summed E-state index contributed by atoms with van der Waals surface area (Å²) < 4.78 is 27.4. The Kier molecular flexibility index (Phi) is 4.43. The minimum Gasteiger partial charge on any atom is -0.207 e. The maximum atomic E-state index is 12.4. The van der Waals surface area contributed by atoms with Crippen LogP contribution in [-0.4, -0.2) is 25.8 Å². The third-order valence-electron chi connectivity index (χ3n) is 3.00. The molecule has 0 aromatic heterocycles. The number of rotatable bonds is 2. The number of hydrogen-bond acceptors (Lipinski definition) is 2. The van der Waals surface area contributed by atoms with Gasteiger partial charge in [0, 0.05) is 16.7 Å². The van der Waals surface area contributed by atoms with Gasteiger partial charge in [0.25, 0.3) is 0 Å². The van der Waals surface area contributed by atoms with E-state index in [1.807, 2.05) is 6.07 Å². The fourth-order valence-corrected chi connectivity index (χ4v) is 4.38. The van der Waals surface area contributed by atoms with Gasteiger partial charge < -0.3 is 0 Å². The van der Waals surface area contributed by atoms with Crippen LogP contribution in [0.3, 0.4) is 0 Å². The quantitative estimate of drug-likeness (QED) is 0.756. The zero-order valence-corrected chi connectivity index (χ0v) is 12.6. The topological polar surface area (TPSA) is 37.4 Å². The van der Waals surface area contributed by atoms with Crippen molar-refractivity contribution in [1.29, 1.82) is 0 Å². The van der Waals surface area contributed by atoms with E-state index >= 15 is 0 Å². The van der Waals surface area contributed by atoms with E-state index in [9.17, 15) is 8.42 Å². The fourth-order valence-electron chi connectivity index (χ4n) is 2.06. The molecular weight excluding hydrogens is 349 g/mol. The summed E-state index contributed by atoms with van der Waals surface area (Å²) >= 11 is 2.14. The van der Waals surface area contributed by atoms with Crippen LogP contribution in [0.5, 0.6) is 0 Å². The molecule has 1 aromatic rings. The van der Waals surface area contributed by atoms with Gasteiger partial charge in [0.15, 0.2) is 0 Å². The first kappa shape index (κ1) is 13.3. The molecule has 1 fully saturated rings. The number of hydrogen-bond donors (Lipinski definition) is 0. The van der Waals surface area contributed by atoms with E-state index in [2.05, 4.69) is 22.6 Å². The second-order valence-corrected chi connectivity index (χ2v) is 7.46. The smallest absolute Gasteiger partial charge is 0.207 e. The predicted molar refractivity (Wildman–Crippen MR) is 76.4 cm³/mol. The Morgan fingerprint density at radius 3 is 2.29 bits per heavy atom. The van der Waals surface area contributed by atoms with Gasteiger partial charge in [0.05, 0.1) is 4.90 Å². The van der Waals surface area contributed by atoms with Crippen molar-refractivity contribution in [3.63, 3.8) is 0 Å². The van der Waals surface area contributed by atoms with Crippen LogP contribution >= 0.6 is 22.6 Å². The zero-order chi connectivity index (χ0) is 12.3. The molecule has 0 spiro atoms. The standard InChI is InChI=1S/C12H16INO2S/c13-11-6-5-7-12(10-11)17(15,16)14-8-3-1-2-4-9-14/h5-7,10H,1-4,8-9H2. The van der Waals surface area contributed by atoms with Crippen LogP contribution in [0.1, 0.15) is 25.7 Å². The Morgan fingerprint density at radius 1 is 1.06 bits per heavy atom. The van der Waals surface area contributed by atoms with E-state index in [1.54, 1.807) is 22.5 Å². The normalized spacial score (nSPS) is 18.9. The van der Waals surface area contributed by atoms with Crippen LogP contribution in [0.2, 0.25) is 0 Å². The summed E-state index contributed by atoms with van der Waals surface area (Å²) in [6, 6.07) is 7.12. The summed E-state index contributed by atoms with van der Waals surface area (Å²) in [6.45, 7) is 1.32. The molecular formula is C12H16INO2S. The maximum absolute atomic E-state index is 12.4. The average molecular weight is 365 g/mol. The summed E-state index contributed by atoms with van der Waals surface area (Å²) in [5.41, 5.74) is 0. The number of nitrogens with zero attached hydrogens (tertiary/aromatic N) is 1. The van der Waals surface area contributed by atoms with E-state index in [0.29, 0.717) is 18.0 Å². The van der Waals surface area contributed by atoms with Crippen molar-refractivity contribution in [2.24, 2.45) is 0 Å². The SMILES string of the molecule is O=S(=O)(c1cccc(I)c1)N1CCCCCC1. The van der Waals surface area contributed by atoms with Gasteiger partial charge in [-0.3, -0.25) is 0 Å². The molecule has 0 saturated carbocycles. The Balaban J connectivity index is 2.28. The lowest BCUT2D eigenvalue weighted by molar-refractivity contribution is 0.423. The van der Waals surface area contributed by atoms with Crippen LogP contribution in [-0.2, 0) is 10.0 Å². The van der Waals surface area contributed by atoms with Crippen molar-refractivity contribution in [3.05, 3.63) is 27.8 Å². The summed E-state index contributed by atoms with van der Waals surface area (Å²) in [5.74, 6) is 0. The molecule has 5 heteroatoms. The molecule has 0 N–H and O–H groups in total. The predicted octanol–water partition coefficient (Wildman–Crippen LogP) is 2.86. The van der Waals surface area contributed by atoms with Gasteiger partial charge >= 0.3 is 0 Å². The van der Waals surface area contributed by atoms with Crippen LogP contribution < -0.4 is 0 Å². The molecule has 1 heterocycles. The van der Waals surface area contributed by atoms with E-state index in [1.165, 1.54) is 0 Å². The Morgan fingerprint density at radius 2 is 1.71 bits per heavy atom. The van der Waals surface area contributed by atoms with Gasteiger partial charge in [-0.2, -0.15) is 4.31 Å². The summed E-state index contributed by atoms with van der Waals surface area (Å²) in [7, 11) is -3.28. The summed E-state index contributed by atoms with van der Waals surface area (Å²) in [6.07, 6.45) is 4.23. The molecule has 1 aromatic carbocycles. The Labute approximate surface area is 116 Å². The first-order valence-electron chi connectivity index (χ1n) is 5.86.